The molecule has 0 aliphatic heterocycles. The van der Waals surface area contributed by atoms with Crippen LogP contribution in [0.4, 0.5) is 11.6 Å². The van der Waals surface area contributed by atoms with Crippen molar-refractivity contribution < 1.29 is 27.4 Å². The molecule has 51 heavy (non-hydrogen) atoms. The van der Waals surface area contributed by atoms with Crippen LogP contribution in [0, 0.1) is 0 Å². The number of nitrogens with zero attached hydrogens (tertiary/aromatic N) is 4. The Balaban J connectivity index is 0.000000185. The maximum absolute atomic E-state index is 11.0. The summed E-state index contributed by atoms with van der Waals surface area (Å²) >= 11 is 0. The number of ether oxygens (including phenoxy) is 4. The maximum atomic E-state index is 11.0. The number of nitrogen functional groups attached to an aromatic ring is 1. The topological polar surface area (TPSA) is 145 Å². The SMILES string of the molecule is COc1ccc(CNc2cc(-c3ccccc3)nn2C)cc1OC.COc1ccc(S(=O)(=O)Cl)cc1OC.Cn1nc(-c2ccccc2)cc1N. The average Bonchev–Trinajstić information content (AvgIpc) is 3.70. The number of hydrogen-bond donors (Lipinski definition) is 2. The summed E-state index contributed by atoms with van der Waals surface area (Å²) in [5.41, 5.74) is 10.9. The molecule has 268 valence electrons. The Kier molecular flexibility index (Phi) is 13.3. The Morgan fingerprint density at radius 3 is 1.63 bits per heavy atom. The second kappa shape index (κ2) is 17.8. The number of nitrogens with one attached hydrogen (secondary N) is 1. The van der Waals surface area contributed by atoms with Crippen molar-refractivity contribution >= 4 is 31.4 Å². The van der Waals surface area contributed by atoms with Crippen LogP contribution in [0.25, 0.3) is 22.5 Å². The standard InChI is InChI=1S/C19H21N3O2.C10H11N3.C8H9ClO4S/c1-22-19(12-16(21-22)15-7-5-4-6-8-15)20-13-14-9-10-17(23-2)18(11-14)24-3;1-13-10(11)7-9(12-13)8-5-3-2-4-6-8;1-12-7-4-3-6(14(9,10)11)5-8(7)13-2/h4-12,20H,13H2,1-3H3;2-7H,11H2,1H3;3-5H,1-2H3. The fraction of sp³-hybridized carbons (Fsp3) is 0.189. The van der Waals surface area contributed by atoms with Gasteiger partial charge in [-0.1, -0.05) is 66.7 Å². The monoisotopic (exact) mass is 732 g/mol. The smallest absolute Gasteiger partial charge is 0.261 e. The number of aromatic nitrogens is 4. The van der Waals surface area contributed by atoms with Crippen molar-refractivity contribution in [3.63, 3.8) is 0 Å². The van der Waals surface area contributed by atoms with Crippen molar-refractivity contribution in [3.8, 4) is 45.5 Å². The minimum Gasteiger partial charge on any atom is -0.493 e. The van der Waals surface area contributed by atoms with E-state index in [1.807, 2.05) is 91.6 Å². The average molecular weight is 733 g/mol. The van der Waals surface area contributed by atoms with Crippen LogP contribution in [0.3, 0.4) is 0 Å². The molecule has 2 aromatic heterocycles. The van der Waals surface area contributed by atoms with E-state index in [1.165, 1.54) is 32.4 Å². The highest BCUT2D eigenvalue weighted by molar-refractivity contribution is 8.13. The van der Waals surface area contributed by atoms with Gasteiger partial charge < -0.3 is 30.0 Å². The second-order valence-corrected chi connectivity index (χ2v) is 13.4. The van der Waals surface area contributed by atoms with Gasteiger partial charge in [0, 0.05) is 60.6 Å². The number of benzene rings is 4. The number of aryl methyl sites for hydroxylation is 2. The number of methoxy groups -OCH3 is 4. The number of halogens is 1. The van der Waals surface area contributed by atoms with Crippen LogP contribution < -0.4 is 30.0 Å². The molecule has 0 radical (unpaired) electrons. The molecule has 0 aliphatic rings. The zero-order chi connectivity index (χ0) is 37.0. The molecule has 0 unspecified atom stereocenters. The van der Waals surface area contributed by atoms with E-state index in [0.717, 1.165) is 45.4 Å². The van der Waals surface area contributed by atoms with Crippen molar-refractivity contribution in [3.05, 3.63) is 115 Å². The van der Waals surface area contributed by atoms with E-state index in [2.05, 4.69) is 33.7 Å². The Labute approximate surface area is 302 Å². The van der Waals surface area contributed by atoms with Gasteiger partial charge in [0.2, 0.25) is 0 Å². The molecule has 2 heterocycles. The number of hydrogen-bond acceptors (Lipinski definition) is 10. The second-order valence-electron chi connectivity index (χ2n) is 10.8. The van der Waals surface area contributed by atoms with E-state index < -0.39 is 9.05 Å². The first-order valence-electron chi connectivity index (χ1n) is 15.5. The summed E-state index contributed by atoms with van der Waals surface area (Å²) in [7, 11) is 11.4. The molecule has 3 N–H and O–H groups in total. The first kappa shape index (κ1) is 38.1. The third kappa shape index (κ3) is 10.4. The lowest BCUT2D eigenvalue weighted by Gasteiger charge is -2.10. The fourth-order valence-electron chi connectivity index (χ4n) is 4.77. The minimum atomic E-state index is -3.72. The van der Waals surface area contributed by atoms with Crippen LogP contribution in [-0.2, 0) is 29.7 Å². The Morgan fingerprint density at radius 2 is 1.14 bits per heavy atom. The molecule has 0 spiro atoms. The molecule has 0 atom stereocenters. The van der Waals surface area contributed by atoms with Crippen molar-refractivity contribution in [1.29, 1.82) is 0 Å². The third-order valence-electron chi connectivity index (χ3n) is 7.49. The summed E-state index contributed by atoms with van der Waals surface area (Å²) in [6.07, 6.45) is 0. The number of nitrogens with two attached hydrogens (primary N) is 1. The lowest BCUT2D eigenvalue weighted by atomic mass is 10.1. The molecule has 0 fully saturated rings. The summed E-state index contributed by atoms with van der Waals surface area (Å²) in [5.74, 6) is 3.88. The molecule has 12 nitrogen and oxygen atoms in total. The molecule has 0 bridgehead atoms. The lowest BCUT2D eigenvalue weighted by Crippen LogP contribution is -2.05. The Morgan fingerprint density at radius 1 is 0.647 bits per heavy atom. The van der Waals surface area contributed by atoms with E-state index >= 15 is 0 Å². The van der Waals surface area contributed by atoms with Gasteiger partial charge in [-0.3, -0.25) is 9.36 Å². The summed E-state index contributed by atoms with van der Waals surface area (Å²) in [6, 6.07) is 34.1. The van der Waals surface area contributed by atoms with E-state index in [-0.39, 0.29) is 4.90 Å². The van der Waals surface area contributed by atoms with E-state index in [4.69, 9.17) is 35.4 Å². The normalized spacial score (nSPS) is 10.6. The Hall–Kier alpha value is -5.66. The highest BCUT2D eigenvalue weighted by Gasteiger charge is 2.14. The predicted octanol–water partition coefficient (Wildman–Crippen LogP) is 7.02. The van der Waals surface area contributed by atoms with Gasteiger partial charge in [-0.15, -0.1) is 0 Å². The first-order valence-corrected chi connectivity index (χ1v) is 17.8. The first-order chi connectivity index (χ1) is 24.5. The lowest BCUT2D eigenvalue weighted by molar-refractivity contribution is 0.354. The van der Waals surface area contributed by atoms with Gasteiger partial charge in [-0.05, 0) is 29.8 Å². The van der Waals surface area contributed by atoms with Crippen LogP contribution in [-0.4, -0.2) is 56.4 Å². The molecule has 6 aromatic rings. The molecule has 0 saturated carbocycles. The zero-order valence-electron chi connectivity index (χ0n) is 29.2. The molecular weight excluding hydrogens is 692 g/mol. The molecule has 0 aliphatic carbocycles. The van der Waals surface area contributed by atoms with Gasteiger partial charge in [0.05, 0.1) is 44.7 Å². The van der Waals surface area contributed by atoms with Crippen LogP contribution in [0.2, 0.25) is 0 Å². The number of anilines is 2. The molecule has 14 heteroatoms. The largest absolute Gasteiger partial charge is 0.493 e. The minimum absolute atomic E-state index is 0.0168. The van der Waals surface area contributed by atoms with Crippen LogP contribution >= 0.6 is 10.7 Å². The quantitative estimate of drug-likeness (QED) is 0.141. The zero-order valence-corrected chi connectivity index (χ0v) is 30.8. The van der Waals surface area contributed by atoms with E-state index in [1.54, 1.807) is 18.9 Å². The van der Waals surface area contributed by atoms with Crippen LogP contribution in [0.1, 0.15) is 5.56 Å². The van der Waals surface area contributed by atoms with Gasteiger partial charge in [0.1, 0.15) is 11.6 Å². The van der Waals surface area contributed by atoms with Crippen molar-refractivity contribution in [1.82, 2.24) is 19.6 Å². The summed E-state index contributed by atoms with van der Waals surface area (Å²) in [6.45, 7) is 0.675. The van der Waals surface area contributed by atoms with Gasteiger partial charge in [0.25, 0.3) is 9.05 Å². The van der Waals surface area contributed by atoms with Crippen molar-refractivity contribution in [2.24, 2.45) is 14.1 Å². The predicted molar refractivity (Wildman–Crippen MR) is 201 cm³/mol. The summed E-state index contributed by atoms with van der Waals surface area (Å²) in [4.78, 5) is -0.0168. The van der Waals surface area contributed by atoms with E-state index in [9.17, 15) is 8.42 Å². The Bertz CT molecular complexity index is 2100. The van der Waals surface area contributed by atoms with Gasteiger partial charge in [-0.2, -0.15) is 10.2 Å². The molecule has 0 saturated heterocycles. The third-order valence-corrected chi connectivity index (χ3v) is 8.84. The molecular formula is C37H41ClN6O6S. The molecule has 4 aromatic carbocycles. The molecule has 0 amide bonds. The number of rotatable bonds is 10. The van der Waals surface area contributed by atoms with Gasteiger partial charge >= 0.3 is 0 Å². The van der Waals surface area contributed by atoms with Crippen molar-refractivity contribution in [2.75, 3.05) is 39.5 Å². The molecule has 6 rings (SSSR count). The van der Waals surface area contributed by atoms with Gasteiger partial charge in [0.15, 0.2) is 23.0 Å². The fourth-order valence-corrected chi connectivity index (χ4v) is 5.53. The van der Waals surface area contributed by atoms with Crippen molar-refractivity contribution in [2.45, 2.75) is 11.4 Å². The van der Waals surface area contributed by atoms with Crippen LogP contribution in [0.15, 0.2) is 114 Å². The summed E-state index contributed by atoms with van der Waals surface area (Å²) < 4.78 is 45.9. The maximum Gasteiger partial charge on any atom is 0.261 e. The van der Waals surface area contributed by atoms with E-state index in [0.29, 0.717) is 23.9 Å². The summed E-state index contributed by atoms with van der Waals surface area (Å²) in [5, 5.41) is 12.2. The van der Waals surface area contributed by atoms with Crippen LogP contribution in [0.5, 0.6) is 23.0 Å². The van der Waals surface area contributed by atoms with Gasteiger partial charge in [-0.25, -0.2) is 8.42 Å². The highest BCUT2D eigenvalue weighted by Crippen LogP contribution is 2.31. The highest BCUT2D eigenvalue weighted by atomic mass is 35.7.